The molecule has 0 radical (unpaired) electrons. The Bertz CT molecular complexity index is 190. The fourth-order valence-corrected chi connectivity index (χ4v) is 2.02. The summed E-state index contributed by atoms with van der Waals surface area (Å²) >= 11 is 0. The minimum Gasteiger partial charge on any atom is -0.390 e. The van der Waals surface area contributed by atoms with Crippen LogP contribution in [0.4, 0.5) is 0 Å². The van der Waals surface area contributed by atoms with Crippen LogP contribution in [0.15, 0.2) is 0 Å². The van der Waals surface area contributed by atoms with Crippen LogP contribution in [-0.2, 0) is 4.79 Å². The molecule has 1 fully saturated rings. The van der Waals surface area contributed by atoms with Gasteiger partial charge in [-0.3, -0.25) is 4.79 Å². The summed E-state index contributed by atoms with van der Waals surface area (Å²) in [4.78, 5) is 11.7. The van der Waals surface area contributed by atoms with Gasteiger partial charge in [0.1, 0.15) is 5.78 Å². The molecule has 0 amide bonds. The summed E-state index contributed by atoms with van der Waals surface area (Å²) in [6.45, 7) is 3.77. The quantitative estimate of drug-likeness (QED) is 0.737. The van der Waals surface area contributed by atoms with Crippen LogP contribution in [0.1, 0.15) is 58.8 Å². The van der Waals surface area contributed by atoms with Gasteiger partial charge in [0, 0.05) is 12.3 Å². The third-order valence-corrected chi connectivity index (χ3v) is 3.48. The molecule has 14 heavy (non-hydrogen) atoms. The maximum atomic E-state index is 11.7. The average Bonchev–Trinajstić information content (AvgIpc) is 2.67. The van der Waals surface area contributed by atoms with E-state index in [0.29, 0.717) is 24.5 Å². The lowest BCUT2D eigenvalue weighted by atomic mass is 9.91. The Kier molecular flexibility index (Phi) is 4.11. The van der Waals surface area contributed by atoms with Crippen molar-refractivity contribution < 1.29 is 9.90 Å². The first-order chi connectivity index (χ1) is 6.55. The molecule has 1 rings (SSSR count). The van der Waals surface area contributed by atoms with Crippen molar-refractivity contribution in [2.45, 2.75) is 64.4 Å². The van der Waals surface area contributed by atoms with E-state index in [1.165, 1.54) is 12.8 Å². The van der Waals surface area contributed by atoms with Gasteiger partial charge in [-0.2, -0.15) is 0 Å². The maximum absolute atomic E-state index is 11.7. The molecule has 1 saturated carbocycles. The number of rotatable bonds is 5. The Labute approximate surface area is 86.7 Å². The number of Topliss-reactive ketones (excluding diaryl/α,β-unsaturated/α-hetero) is 1. The van der Waals surface area contributed by atoms with E-state index >= 15 is 0 Å². The zero-order valence-electron chi connectivity index (χ0n) is 9.38. The lowest BCUT2D eigenvalue weighted by molar-refractivity contribution is -0.123. The minimum absolute atomic E-state index is 0.308. The molecule has 0 aromatic heterocycles. The van der Waals surface area contributed by atoms with Crippen molar-refractivity contribution in [1.82, 2.24) is 0 Å². The second kappa shape index (κ2) is 4.92. The number of hydrogen-bond acceptors (Lipinski definition) is 2. The summed E-state index contributed by atoms with van der Waals surface area (Å²) in [5.74, 6) is 0.680. The zero-order valence-corrected chi connectivity index (χ0v) is 9.38. The van der Waals surface area contributed by atoms with Crippen molar-refractivity contribution >= 4 is 5.78 Å². The first kappa shape index (κ1) is 11.7. The molecule has 1 unspecified atom stereocenters. The number of aliphatic hydroxyl groups is 1. The molecule has 0 saturated heterocycles. The third-order valence-electron chi connectivity index (χ3n) is 3.48. The van der Waals surface area contributed by atoms with Gasteiger partial charge in [-0.1, -0.05) is 19.8 Å². The van der Waals surface area contributed by atoms with E-state index in [1.54, 1.807) is 0 Å². The molecule has 0 bridgehead atoms. The van der Waals surface area contributed by atoms with Crippen LogP contribution in [0.3, 0.4) is 0 Å². The van der Waals surface area contributed by atoms with Crippen molar-refractivity contribution in [3.8, 4) is 0 Å². The van der Waals surface area contributed by atoms with Crippen LogP contribution in [-0.4, -0.2) is 16.5 Å². The molecule has 0 spiro atoms. The van der Waals surface area contributed by atoms with Crippen LogP contribution in [0, 0.1) is 5.92 Å². The van der Waals surface area contributed by atoms with Crippen LogP contribution >= 0.6 is 0 Å². The van der Waals surface area contributed by atoms with Gasteiger partial charge >= 0.3 is 0 Å². The fourth-order valence-electron chi connectivity index (χ4n) is 2.02. The number of hydrogen-bond donors (Lipinski definition) is 1. The summed E-state index contributed by atoms with van der Waals surface area (Å²) in [6, 6.07) is 0. The van der Waals surface area contributed by atoms with Gasteiger partial charge in [-0.25, -0.2) is 0 Å². The molecule has 1 aliphatic carbocycles. The third kappa shape index (κ3) is 3.41. The molecule has 0 aliphatic heterocycles. The number of carbonyl (C=O) groups is 1. The molecule has 2 nitrogen and oxygen atoms in total. The summed E-state index contributed by atoms with van der Waals surface area (Å²) in [6.07, 6.45) is 6.48. The highest BCUT2D eigenvalue weighted by molar-refractivity contribution is 5.81. The van der Waals surface area contributed by atoms with Gasteiger partial charge in [0.2, 0.25) is 0 Å². The lowest BCUT2D eigenvalue weighted by Crippen LogP contribution is -2.25. The average molecular weight is 198 g/mol. The normalized spacial score (nSPS) is 22.2. The molecular weight excluding hydrogens is 176 g/mol. The van der Waals surface area contributed by atoms with E-state index in [9.17, 15) is 9.90 Å². The van der Waals surface area contributed by atoms with Crippen molar-refractivity contribution in [3.05, 3.63) is 0 Å². The van der Waals surface area contributed by atoms with Crippen LogP contribution in [0.25, 0.3) is 0 Å². The van der Waals surface area contributed by atoms with Gasteiger partial charge in [-0.15, -0.1) is 0 Å². The van der Waals surface area contributed by atoms with Crippen molar-refractivity contribution in [2.24, 2.45) is 5.92 Å². The monoisotopic (exact) mass is 198 g/mol. The summed E-state index contributed by atoms with van der Waals surface area (Å²) in [7, 11) is 0. The van der Waals surface area contributed by atoms with Crippen molar-refractivity contribution in [3.63, 3.8) is 0 Å². The van der Waals surface area contributed by atoms with Crippen LogP contribution in [0.5, 0.6) is 0 Å². The molecule has 0 aromatic carbocycles. The standard InChI is InChI=1S/C12H22O2/c1-3-12(2,14)9-8-11(13)10-6-4-5-7-10/h10,14H,3-9H2,1-2H3. The fraction of sp³-hybridized carbons (Fsp3) is 0.917. The van der Waals surface area contributed by atoms with Gasteiger partial charge in [-0.05, 0) is 32.6 Å². The summed E-state index contributed by atoms with van der Waals surface area (Å²) < 4.78 is 0. The Morgan fingerprint density at radius 2 is 2.00 bits per heavy atom. The first-order valence-corrected chi connectivity index (χ1v) is 5.80. The molecule has 1 atom stereocenters. The Balaban J connectivity index is 2.27. The Morgan fingerprint density at radius 1 is 1.43 bits per heavy atom. The molecule has 2 heteroatoms. The van der Waals surface area contributed by atoms with Gasteiger partial charge < -0.3 is 5.11 Å². The molecule has 0 heterocycles. The number of ketones is 1. The highest BCUT2D eigenvalue weighted by Gasteiger charge is 2.25. The molecular formula is C12H22O2. The van der Waals surface area contributed by atoms with E-state index in [-0.39, 0.29) is 0 Å². The van der Waals surface area contributed by atoms with E-state index < -0.39 is 5.60 Å². The summed E-state index contributed by atoms with van der Waals surface area (Å²) in [5, 5.41) is 9.76. The molecule has 82 valence electrons. The highest BCUT2D eigenvalue weighted by atomic mass is 16.3. The lowest BCUT2D eigenvalue weighted by Gasteiger charge is -2.21. The predicted octanol–water partition coefficient (Wildman–Crippen LogP) is 2.69. The first-order valence-electron chi connectivity index (χ1n) is 5.80. The summed E-state index contributed by atoms with van der Waals surface area (Å²) in [5.41, 5.74) is -0.645. The van der Waals surface area contributed by atoms with Gasteiger partial charge in [0.15, 0.2) is 0 Å². The second-order valence-corrected chi connectivity index (χ2v) is 4.80. The van der Waals surface area contributed by atoms with E-state index in [1.807, 2.05) is 13.8 Å². The van der Waals surface area contributed by atoms with E-state index in [2.05, 4.69) is 0 Å². The number of carbonyl (C=O) groups excluding carboxylic acids is 1. The predicted molar refractivity (Wildman–Crippen MR) is 57.1 cm³/mol. The second-order valence-electron chi connectivity index (χ2n) is 4.80. The smallest absolute Gasteiger partial charge is 0.136 e. The van der Waals surface area contributed by atoms with Crippen LogP contribution < -0.4 is 0 Å². The van der Waals surface area contributed by atoms with Gasteiger partial charge in [0.05, 0.1) is 5.60 Å². The minimum atomic E-state index is -0.645. The molecule has 1 aliphatic rings. The van der Waals surface area contributed by atoms with E-state index in [4.69, 9.17) is 0 Å². The van der Waals surface area contributed by atoms with Crippen LogP contribution in [0.2, 0.25) is 0 Å². The van der Waals surface area contributed by atoms with Crippen molar-refractivity contribution in [1.29, 1.82) is 0 Å². The topological polar surface area (TPSA) is 37.3 Å². The van der Waals surface area contributed by atoms with Gasteiger partial charge in [0.25, 0.3) is 0 Å². The zero-order chi connectivity index (χ0) is 10.6. The maximum Gasteiger partial charge on any atom is 0.136 e. The van der Waals surface area contributed by atoms with E-state index in [0.717, 1.165) is 19.3 Å². The largest absolute Gasteiger partial charge is 0.390 e. The Hall–Kier alpha value is -0.370. The molecule has 1 N–H and O–H groups in total. The highest BCUT2D eigenvalue weighted by Crippen LogP contribution is 2.28. The Morgan fingerprint density at radius 3 is 2.50 bits per heavy atom. The van der Waals surface area contributed by atoms with Crippen molar-refractivity contribution in [2.75, 3.05) is 0 Å². The SMILES string of the molecule is CCC(C)(O)CCC(=O)C1CCCC1. The molecule has 0 aromatic rings.